The summed E-state index contributed by atoms with van der Waals surface area (Å²) in [6, 6.07) is 3.21. The van der Waals surface area contributed by atoms with Gasteiger partial charge in [0.2, 0.25) is 0 Å². The van der Waals surface area contributed by atoms with E-state index in [1.54, 1.807) is 12.1 Å². The van der Waals surface area contributed by atoms with E-state index in [9.17, 15) is 4.79 Å². The summed E-state index contributed by atoms with van der Waals surface area (Å²) in [5.74, 6) is 0.538. The van der Waals surface area contributed by atoms with Gasteiger partial charge in [0.25, 0.3) is 0 Å². The Labute approximate surface area is 105 Å². The first-order valence-corrected chi connectivity index (χ1v) is 5.62. The van der Waals surface area contributed by atoms with Crippen molar-refractivity contribution in [3.05, 3.63) is 46.3 Å². The molecule has 0 saturated carbocycles. The zero-order valence-electron chi connectivity index (χ0n) is 10.4. The monoisotopic (exact) mass is 245 g/mol. The Morgan fingerprint density at radius 2 is 2.17 bits per heavy atom. The molecule has 94 valence electrons. The molecule has 0 unspecified atom stereocenters. The maximum Gasteiger partial charge on any atom is 0.336 e. The minimum atomic E-state index is -0.373. The normalized spacial score (nSPS) is 10.6. The molecule has 0 spiro atoms. The zero-order chi connectivity index (χ0) is 13.3. The van der Waals surface area contributed by atoms with Crippen molar-refractivity contribution in [2.24, 2.45) is 0 Å². The number of fused-ring (bicyclic) bond motifs is 1. The van der Waals surface area contributed by atoms with Gasteiger partial charge in [0.1, 0.15) is 17.9 Å². The third kappa shape index (κ3) is 1.97. The lowest BCUT2D eigenvalue weighted by Gasteiger charge is -2.13. The summed E-state index contributed by atoms with van der Waals surface area (Å²) in [5, 5.41) is 0.829. The molecular weight excluding hydrogens is 230 g/mol. The fraction of sp³-hybridized carbons (Fsp3) is 0.214. The number of hydrogen-bond acceptors (Lipinski definition) is 4. The Hall–Kier alpha value is -2.23. The van der Waals surface area contributed by atoms with Crippen molar-refractivity contribution in [1.29, 1.82) is 0 Å². The van der Waals surface area contributed by atoms with E-state index in [1.807, 2.05) is 13.8 Å². The summed E-state index contributed by atoms with van der Waals surface area (Å²) in [5.41, 5.74) is 8.20. The number of benzene rings is 1. The number of nitrogens with two attached hydrogens (primary N) is 1. The molecule has 1 aromatic heterocycles. The van der Waals surface area contributed by atoms with Crippen LogP contribution in [0.15, 0.2) is 34.0 Å². The van der Waals surface area contributed by atoms with E-state index in [2.05, 4.69) is 6.58 Å². The van der Waals surface area contributed by atoms with Crippen molar-refractivity contribution in [2.45, 2.75) is 13.8 Å². The molecule has 0 atom stereocenters. The lowest BCUT2D eigenvalue weighted by atomic mass is 10.1. The van der Waals surface area contributed by atoms with Crippen LogP contribution in [0.2, 0.25) is 0 Å². The summed E-state index contributed by atoms with van der Waals surface area (Å²) < 4.78 is 10.7. The number of hydrogen-bond donors (Lipinski definition) is 1. The summed E-state index contributed by atoms with van der Waals surface area (Å²) in [4.78, 5) is 11.4. The highest BCUT2D eigenvalue weighted by Crippen LogP contribution is 2.34. The van der Waals surface area contributed by atoms with E-state index >= 15 is 0 Å². The molecule has 0 aliphatic carbocycles. The van der Waals surface area contributed by atoms with Gasteiger partial charge in [-0.1, -0.05) is 12.7 Å². The fourth-order valence-electron chi connectivity index (χ4n) is 1.95. The lowest BCUT2D eigenvalue weighted by Crippen LogP contribution is -2.04. The maximum absolute atomic E-state index is 11.4. The van der Waals surface area contributed by atoms with Crippen LogP contribution in [-0.2, 0) is 0 Å². The number of nitrogen functional groups attached to an aromatic ring is 1. The van der Waals surface area contributed by atoms with E-state index in [-0.39, 0.29) is 5.63 Å². The highest BCUT2D eigenvalue weighted by molar-refractivity contribution is 5.89. The van der Waals surface area contributed by atoms with Gasteiger partial charge < -0.3 is 14.9 Å². The van der Waals surface area contributed by atoms with Crippen LogP contribution in [0.3, 0.4) is 0 Å². The van der Waals surface area contributed by atoms with Crippen LogP contribution in [0.1, 0.15) is 11.1 Å². The van der Waals surface area contributed by atoms with Crippen molar-refractivity contribution >= 4 is 16.7 Å². The Morgan fingerprint density at radius 3 is 2.83 bits per heavy atom. The maximum atomic E-state index is 11.4. The third-order valence-corrected chi connectivity index (χ3v) is 2.80. The molecule has 4 heteroatoms. The van der Waals surface area contributed by atoms with E-state index in [0.29, 0.717) is 23.6 Å². The van der Waals surface area contributed by atoms with Gasteiger partial charge in [-0.15, -0.1) is 0 Å². The van der Waals surface area contributed by atoms with E-state index in [4.69, 9.17) is 14.9 Å². The molecule has 0 radical (unpaired) electrons. The minimum Gasteiger partial charge on any atom is -0.487 e. The van der Waals surface area contributed by atoms with E-state index in [0.717, 1.165) is 16.5 Å². The molecule has 0 saturated heterocycles. The van der Waals surface area contributed by atoms with Crippen molar-refractivity contribution in [2.75, 3.05) is 12.3 Å². The molecule has 1 heterocycles. The van der Waals surface area contributed by atoms with Crippen LogP contribution in [0.25, 0.3) is 11.0 Å². The topological polar surface area (TPSA) is 65.5 Å². The van der Waals surface area contributed by atoms with Crippen molar-refractivity contribution in [1.82, 2.24) is 0 Å². The SMILES string of the molecule is C=CCOc1c(N)cc2c(C)cc(=O)oc2c1C. The predicted octanol–water partition coefficient (Wildman–Crippen LogP) is 2.56. The van der Waals surface area contributed by atoms with E-state index in [1.165, 1.54) is 6.07 Å². The molecule has 2 aromatic rings. The quantitative estimate of drug-likeness (QED) is 0.512. The first-order chi connectivity index (χ1) is 8.54. The van der Waals surface area contributed by atoms with Crippen LogP contribution in [0.5, 0.6) is 5.75 Å². The summed E-state index contributed by atoms with van der Waals surface area (Å²) >= 11 is 0. The van der Waals surface area contributed by atoms with Gasteiger partial charge in [0, 0.05) is 17.0 Å². The molecule has 1 aromatic carbocycles. The molecule has 18 heavy (non-hydrogen) atoms. The second kappa shape index (κ2) is 4.56. The van der Waals surface area contributed by atoms with Crippen LogP contribution >= 0.6 is 0 Å². The van der Waals surface area contributed by atoms with Gasteiger partial charge in [-0.2, -0.15) is 0 Å². The van der Waals surface area contributed by atoms with Gasteiger partial charge in [0.05, 0.1) is 5.69 Å². The molecule has 0 fully saturated rings. The second-order valence-electron chi connectivity index (χ2n) is 4.14. The van der Waals surface area contributed by atoms with Gasteiger partial charge in [-0.3, -0.25) is 0 Å². The van der Waals surface area contributed by atoms with Gasteiger partial charge in [0.15, 0.2) is 0 Å². The molecular formula is C14H15NO3. The molecule has 0 aliphatic heterocycles. The smallest absolute Gasteiger partial charge is 0.336 e. The molecule has 0 amide bonds. The summed E-state index contributed by atoms with van der Waals surface area (Å²) in [7, 11) is 0. The molecule has 0 bridgehead atoms. The van der Waals surface area contributed by atoms with Crippen LogP contribution in [-0.4, -0.2) is 6.61 Å². The Bertz CT molecular complexity index is 671. The number of aryl methyl sites for hydroxylation is 2. The Kier molecular flexibility index (Phi) is 3.10. The van der Waals surface area contributed by atoms with Gasteiger partial charge in [-0.05, 0) is 25.5 Å². The average Bonchev–Trinajstić information content (AvgIpc) is 2.31. The Balaban J connectivity index is 2.76. The Morgan fingerprint density at radius 1 is 1.44 bits per heavy atom. The van der Waals surface area contributed by atoms with Crippen molar-refractivity contribution in [3.8, 4) is 5.75 Å². The zero-order valence-corrected chi connectivity index (χ0v) is 10.4. The van der Waals surface area contributed by atoms with E-state index < -0.39 is 0 Å². The van der Waals surface area contributed by atoms with Crippen LogP contribution < -0.4 is 16.1 Å². The van der Waals surface area contributed by atoms with Crippen molar-refractivity contribution in [3.63, 3.8) is 0 Å². The highest BCUT2D eigenvalue weighted by atomic mass is 16.5. The largest absolute Gasteiger partial charge is 0.487 e. The number of ether oxygens (including phenoxy) is 1. The third-order valence-electron chi connectivity index (χ3n) is 2.80. The molecule has 2 rings (SSSR count). The first-order valence-electron chi connectivity index (χ1n) is 5.62. The van der Waals surface area contributed by atoms with Gasteiger partial charge in [-0.25, -0.2) is 4.79 Å². The fourth-order valence-corrected chi connectivity index (χ4v) is 1.95. The predicted molar refractivity (Wildman–Crippen MR) is 72.1 cm³/mol. The molecule has 2 N–H and O–H groups in total. The summed E-state index contributed by atoms with van der Waals surface area (Å²) in [6.07, 6.45) is 1.63. The molecule has 4 nitrogen and oxygen atoms in total. The number of rotatable bonds is 3. The molecule has 0 aliphatic rings. The summed E-state index contributed by atoms with van der Waals surface area (Å²) in [6.45, 7) is 7.61. The second-order valence-corrected chi connectivity index (χ2v) is 4.14. The van der Waals surface area contributed by atoms with Gasteiger partial charge >= 0.3 is 5.63 Å². The van der Waals surface area contributed by atoms with Crippen LogP contribution in [0.4, 0.5) is 5.69 Å². The highest BCUT2D eigenvalue weighted by Gasteiger charge is 2.13. The average molecular weight is 245 g/mol. The number of anilines is 1. The van der Waals surface area contributed by atoms with Crippen molar-refractivity contribution < 1.29 is 9.15 Å². The first kappa shape index (κ1) is 12.2. The minimum absolute atomic E-state index is 0.354. The standard InChI is InChI=1S/C14H15NO3/c1-4-5-17-14-9(3)13-10(7-11(14)15)8(2)6-12(16)18-13/h4,6-7H,1,5,15H2,2-3H3. The van der Waals surface area contributed by atoms with Crippen LogP contribution in [0, 0.1) is 13.8 Å². The lowest BCUT2D eigenvalue weighted by molar-refractivity contribution is 0.362.